The molecule has 0 saturated carbocycles. The van der Waals surface area contributed by atoms with Gasteiger partial charge in [0, 0.05) is 19.2 Å². The highest BCUT2D eigenvalue weighted by atomic mass is 16.3. The van der Waals surface area contributed by atoms with Gasteiger partial charge in [0.25, 0.3) is 0 Å². The lowest BCUT2D eigenvalue weighted by Crippen LogP contribution is -2.33. The predicted molar refractivity (Wildman–Crippen MR) is 94.7 cm³/mol. The second-order valence-corrected chi connectivity index (χ2v) is 6.22. The van der Waals surface area contributed by atoms with Gasteiger partial charge in [0.15, 0.2) is 0 Å². The first-order valence-electron chi connectivity index (χ1n) is 8.35. The summed E-state index contributed by atoms with van der Waals surface area (Å²) in [6.07, 6.45) is 2.99. The van der Waals surface area contributed by atoms with E-state index in [-0.39, 0.29) is 18.7 Å². The van der Waals surface area contributed by atoms with Crippen LogP contribution in [0.2, 0.25) is 0 Å². The fraction of sp³-hybridized carbons (Fsp3) is 0.444. The second-order valence-electron chi connectivity index (χ2n) is 6.22. The third-order valence-corrected chi connectivity index (χ3v) is 3.65. The summed E-state index contributed by atoms with van der Waals surface area (Å²) in [6, 6.07) is 11.2. The molecule has 0 radical (unpaired) electrons. The van der Waals surface area contributed by atoms with Crippen LogP contribution in [0.25, 0.3) is 0 Å². The molecular weight excluding hydrogens is 304 g/mol. The number of benzene rings is 1. The zero-order valence-electron chi connectivity index (χ0n) is 14.3. The van der Waals surface area contributed by atoms with Gasteiger partial charge >= 0.3 is 6.03 Å². The van der Waals surface area contributed by atoms with E-state index in [9.17, 15) is 4.79 Å². The molecule has 3 N–H and O–H groups in total. The Morgan fingerprint density at radius 2 is 2.00 bits per heavy atom. The van der Waals surface area contributed by atoms with Gasteiger partial charge in [-0.25, -0.2) is 9.48 Å². The third kappa shape index (κ3) is 5.38. The van der Waals surface area contributed by atoms with Crippen molar-refractivity contribution in [2.45, 2.75) is 39.3 Å². The average molecular weight is 330 g/mol. The number of rotatable bonds is 8. The molecule has 2 rings (SSSR count). The Balaban J connectivity index is 2.01. The van der Waals surface area contributed by atoms with Crippen molar-refractivity contribution in [1.29, 1.82) is 0 Å². The molecule has 0 fully saturated rings. The van der Waals surface area contributed by atoms with E-state index in [4.69, 9.17) is 5.11 Å². The van der Waals surface area contributed by atoms with Crippen molar-refractivity contribution in [1.82, 2.24) is 15.1 Å². The van der Waals surface area contributed by atoms with Gasteiger partial charge in [0.05, 0.1) is 12.2 Å². The van der Waals surface area contributed by atoms with E-state index in [1.165, 1.54) is 0 Å². The highest BCUT2D eigenvalue weighted by molar-refractivity contribution is 5.88. The van der Waals surface area contributed by atoms with Gasteiger partial charge in [0.1, 0.15) is 5.82 Å². The lowest BCUT2D eigenvalue weighted by Gasteiger charge is -2.19. The van der Waals surface area contributed by atoms with Crippen molar-refractivity contribution in [3.63, 3.8) is 0 Å². The Labute approximate surface area is 142 Å². The molecule has 2 aromatic rings. The third-order valence-electron chi connectivity index (χ3n) is 3.65. The molecule has 1 aromatic carbocycles. The fourth-order valence-corrected chi connectivity index (χ4v) is 2.54. The molecule has 130 valence electrons. The summed E-state index contributed by atoms with van der Waals surface area (Å²) in [5.41, 5.74) is 1.02. The summed E-state index contributed by atoms with van der Waals surface area (Å²) in [6.45, 7) is 5.06. The molecule has 0 spiro atoms. The number of carbonyl (C=O) groups excluding carboxylic acids is 1. The van der Waals surface area contributed by atoms with E-state index in [0.29, 0.717) is 24.6 Å². The molecule has 0 aliphatic carbocycles. The molecule has 1 heterocycles. The number of amides is 2. The maximum Gasteiger partial charge on any atom is 0.320 e. The maximum absolute atomic E-state index is 12.4. The minimum absolute atomic E-state index is 0.105. The van der Waals surface area contributed by atoms with Crippen LogP contribution in [-0.2, 0) is 6.54 Å². The Hall–Kier alpha value is -2.34. The van der Waals surface area contributed by atoms with Crippen LogP contribution in [0.15, 0.2) is 42.6 Å². The molecule has 2 amide bonds. The summed E-state index contributed by atoms with van der Waals surface area (Å²) < 4.78 is 1.79. The van der Waals surface area contributed by atoms with Crippen molar-refractivity contribution in [2.24, 2.45) is 5.92 Å². The van der Waals surface area contributed by atoms with Crippen LogP contribution in [0.3, 0.4) is 0 Å². The van der Waals surface area contributed by atoms with E-state index in [2.05, 4.69) is 29.6 Å². The van der Waals surface area contributed by atoms with E-state index >= 15 is 0 Å². The Morgan fingerprint density at radius 1 is 1.25 bits per heavy atom. The van der Waals surface area contributed by atoms with Crippen LogP contribution in [0.5, 0.6) is 0 Å². The summed E-state index contributed by atoms with van der Waals surface area (Å²) in [5, 5.41) is 19.2. The Bertz CT molecular complexity index is 625. The number of aliphatic hydroxyl groups is 1. The zero-order chi connectivity index (χ0) is 17.4. The number of hydrogen-bond donors (Lipinski definition) is 3. The largest absolute Gasteiger partial charge is 0.396 e. The van der Waals surface area contributed by atoms with Crippen LogP contribution in [0.1, 0.15) is 38.3 Å². The maximum atomic E-state index is 12.4. The van der Waals surface area contributed by atoms with E-state index < -0.39 is 0 Å². The zero-order valence-corrected chi connectivity index (χ0v) is 14.3. The van der Waals surface area contributed by atoms with Gasteiger partial charge in [-0.3, -0.25) is 5.32 Å². The Kier molecular flexibility index (Phi) is 6.81. The molecule has 24 heavy (non-hydrogen) atoms. The topological polar surface area (TPSA) is 79.2 Å². The monoisotopic (exact) mass is 330 g/mol. The summed E-state index contributed by atoms with van der Waals surface area (Å²) >= 11 is 0. The molecule has 6 nitrogen and oxygen atoms in total. The SMILES string of the molecule is CC(C)Cn1nccc1NC(=O)NC(CCCO)c1ccccc1. The lowest BCUT2D eigenvalue weighted by atomic mass is 10.0. The normalized spacial score (nSPS) is 12.2. The number of nitrogens with one attached hydrogen (secondary N) is 2. The first kappa shape index (κ1) is 18.0. The standard InChI is InChI=1S/C18H26N4O2/c1-14(2)13-22-17(10-11-19-22)21-18(24)20-16(9-6-12-23)15-7-4-3-5-8-15/h3-5,7-8,10-11,14,16,23H,6,9,12-13H2,1-2H3,(H2,20,21,24). The van der Waals surface area contributed by atoms with Crippen molar-refractivity contribution >= 4 is 11.8 Å². The number of urea groups is 1. The van der Waals surface area contributed by atoms with Gasteiger partial charge in [-0.1, -0.05) is 44.2 Å². The summed E-state index contributed by atoms with van der Waals surface area (Å²) in [4.78, 5) is 12.4. The minimum Gasteiger partial charge on any atom is -0.396 e. The average Bonchev–Trinajstić information content (AvgIpc) is 2.98. The number of nitrogens with zero attached hydrogens (tertiary/aromatic N) is 2. The number of aliphatic hydroxyl groups excluding tert-OH is 1. The number of aromatic nitrogens is 2. The summed E-state index contributed by atoms with van der Waals surface area (Å²) in [5.74, 6) is 1.12. The predicted octanol–water partition coefficient (Wildman–Crippen LogP) is 3.17. The van der Waals surface area contributed by atoms with E-state index in [1.54, 1.807) is 16.9 Å². The molecule has 0 saturated heterocycles. The van der Waals surface area contributed by atoms with Gasteiger partial charge < -0.3 is 10.4 Å². The second kappa shape index (κ2) is 9.08. The van der Waals surface area contributed by atoms with Crippen LogP contribution in [0, 0.1) is 5.92 Å². The van der Waals surface area contributed by atoms with Crippen LogP contribution < -0.4 is 10.6 Å². The van der Waals surface area contributed by atoms with Crippen LogP contribution in [0.4, 0.5) is 10.6 Å². The van der Waals surface area contributed by atoms with Gasteiger partial charge in [-0.05, 0) is 24.3 Å². The van der Waals surface area contributed by atoms with E-state index in [0.717, 1.165) is 12.1 Å². The van der Waals surface area contributed by atoms with Gasteiger partial charge in [-0.2, -0.15) is 5.10 Å². The highest BCUT2D eigenvalue weighted by Crippen LogP contribution is 2.18. The van der Waals surface area contributed by atoms with Crippen molar-refractivity contribution in [3.8, 4) is 0 Å². The van der Waals surface area contributed by atoms with E-state index in [1.807, 2.05) is 30.3 Å². The molecule has 0 bridgehead atoms. The quantitative estimate of drug-likeness (QED) is 0.695. The van der Waals surface area contributed by atoms with Gasteiger partial charge in [0.2, 0.25) is 0 Å². The number of anilines is 1. The van der Waals surface area contributed by atoms with Crippen molar-refractivity contribution in [2.75, 3.05) is 11.9 Å². The lowest BCUT2D eigenvalue weighted by molar-refractivity contribution is 0.243. The van der Waals surface area contributed by atoms with Crippen LogP contribution in [-0.4, -0.2) is 27.5 Å². The van der Waals surface area contributed by atoms with Crippen molar-refractivity contribution in [3.05, 3.63) is 48.2 Å². The smallest absolute Gasteiger partial charge is 0.320 e. The molecule has 1 atom stereocenters. The Morgan fingerprint density at radius 3 is 2.67 bits per heavy atom. The first-order valence-corrected chi connectivity index (χ1v) is 8.35. The molecule has 0 aliphatic heterocycles. The fourth-order valence-electron chi connectivity index (χ4n) is 2.54. The molecule has 1 aromatic heterocycles. The molecular formula is C18H26N4O2. The highest BCUT2D eigenvalue weighted by Gasteiger charge is 2.15. The number of carbonyl (C=O) groups is 1. The molecule has 6 heteroatoms. The summed E-state index contributed by atoms with van der Waals surface area (Å²) in [7, 11) is 0. The number of hydrogen-bond acceptors (Lipinski definition) is 3. The first-order chi connectivity index (χ1) is 11.6. The minimum atomic E-state index is -0.271. The molecule has 1 unspecified atom stereocenters. The van der Waals surface area contributed by atoms with Crippen LogP contribution >= 0.6 is 0 Å². The van der Waals surface area contributed by atoms with Crippen molar-refractivity contribution < 1.29 is 9.90 Å². The molecule has 0 aliphatic rings. The van der Waals surface area contributed by atoms with Gasteiger partial charge in [-0.15, -0.1) is 0 Å².